The van der Waals surface area contributed by atoms with Crippen molar-refractivity contribution >= 4 is 12.0 Å². The number of amides is 1. The minimum absolute atomic E-state index is 0.0219. The van der Waals surface area contributed by atoms with Gasteiger partial charge in [0.1, 0.15) is 25.1 Å². The molecule has 172 valence electrons. The molecule has 2 N–H and O–H groups in total. The molecule has 0 saturated carbocycles. The van der Waals surface area contributed by atoms with Gasteiger partial charge in [0, 0.05) is 12.1 Å². The van der Waals surface area contributed by atoms with E-state index in [0.29, 0.717) is 29.4 Å². The molecule has 6 heteroatoms. The van der Waals surface area contributed by atoms with E-state index in [1.165, 1.54) is 0 Å². The molecule has 0 aliphatic rings. The molecule has 0 spiro atoms. The van der Waals surface area contributed by atoms with Crippen LogP contribution in [0.3, 0.4) is 0 Å². The van der Waals surface area contributed by atoms with E-state index in [-0.39, 0.29) is 19.1 Å². The van der Waals surface area contributed by atoms with Gasteiger partial charge in [-0.15, -0.1) is 0 Å². The van der Waals surface area contributed by atoms with Crippen molar-refractivity contribution < 1.29 is 24.1 Å². The van der Waals surface area contributed by atoms with Crippen LogP contribution in [-0.4, -0.2) is 37.4 Å². The minimum atomic E-state index is -0.861. The molecule has 0 saturated heterocycles. The molecule has 1 unspecified atom stereocenters. The van der Waals surface area contributed by atoms with E-state index < -0.39 is 6.10 Å². The Balaban J connectivity index is 1.49. The summed E-state index contributed by atoms with van der Waals surface area (Å²) in [6.45, 7) is 2.45. The number of allylic oxidation sites excluding steroid dienone is 1. The normalized spacial score (nSPS) is 11.7. The van der Waals surface area contributed by atoms with Crippen molar-refractivity contribution in [1.29, 1.82) is 0 Å². The average molecular weight is 448 g/mol. The third-order valence-corrected chi connectivity index (χ3v) is 4.81. The summed E-state index contributed by atoms with van der Waals surface area (Å²) in [5.41, 5.74) is 2.51. The monoisotopic (exact) mass is 447 g/mol. The van der Waals surface area contributed by atoms with Crippen LogP contribution in [0.2, 0.25) is 0 Å². The summed E-state index contributed by atoms with van der Waals surface area (Å²) in [6.07, 6.45) is 3.05. The predicted molar refractivity (Wildman–Crippen MR) is 129 cm³/mol. The Labute approximate surface area is 194 Å². The summed E-state index contributed by atoms with van der Waals surface area (Å²) < 4.78 is 16.7. The number of aliphatic hydroxyl groups excluding tert-OH is 1. The summed E-state index contributed by atoms with van der Waals surface area (Å²) in [5, 5.41) is 13.2. The van der Waals surface area contributed by atoms with Crippen LogP contribution in [0.15, 0.2) is 78.9 Å². The lowest BCUT2D eigenvalue weighted by molar-refractivity contribution is 0.0616. The second-order valence-electron chi connectivity index (χ2n) is 7.38. The Morgan fingerprint density at radius 2 is 1.76 bits per heavy atom. The lowest BCUT2D eigenvalue weighted by Gasteiger charge is -2.16. The van der Waals surface area contributed by atoms with Crippen molar-refractivity contribution in [3.8, 4) is 17.2 Å². The van der Waals surface area contributed by atoms with Gasteiger partial charge >= 0.3 is 0 Å². The number of ether oxygens (including phenoxy) is 3. The van der Waals surface area contributed by atoms with Crippen LogP contribution in [-0.2, 0) is 6.54 Å². The first-order chi connectivity index (χ1) is 16.1. The van der Waals surface area contributed by atoms with Crippen molar-refractivity contribution in [3.05, 3.63) is 95.6 Å². The molecule has 0 aliphatic carbocycles. The van der Waals surface area contributed by atoms with Crippen LogP contribution in [0.4, 0.5) is 0 Å². The van der Waals surface area contributed by atoms with Gasteiger partial charge in [0.15, 0.2) is 11.5 Å². The fraction of sp³-hybridized carbons (Fsp3) is 0.222. The molecule has 3 rings (SSSR count). The lowest BCUT2D eigenvalue weighted by Crippen LogP contribution is -2.25. The maximum atomic E-state index is 12.4. The van der Waals surface area contributed by atoms with Crippen molar-refractivity contribution in [2.24, 2.45) is 0 Å². The molecule has 0 aliphatic heterocycles. The highest BCUT2D eigenvalue weighted by molar-refractivity contribution is 5.94. The van der Waals surface area contributed by atoms with Gasteiger partial charge in [-0.1, -0.05) is 54.6 Å². The second kappa shape index (κ2) is 12.3. The number of benzene rings is 3. The Morgan fingerprint density at radius 1 is 0.970 bits per heavy atom. The quantitative estimate of drug-likeness (QED) is 0.453. The highest BCUT2D eigenvalue weighted by Crippen LogP contribution is 2.28. The van der Waals surface area contributed by atoms with Crippen molar-refractivity contribution in [1.82, 2.24) is 5.32 Å². The van der Waals surface area contributed by atoms with Gasteiger partial charge in [0.25, 0.3) is 5.91 Å². The van der Waals surface area contributed by atoms with Gasteiger partial charge in [-0.05, 0) is 48.4 Å². The zero-order valence-corrected chi connectivity index (χ0v) is 18.9. The highest BCUT2D eigenvalue weighted by atomic mass is 16.5. The molecule has 0 fully saturated rings. The molecular weight excluding hydrogens is 418 g/mol. The summed E-state index contributed by atoms with van der Waals surface area (Å²) in [4.78, 5) is 12.4. The summed E-state index contributed by atoms with van der Waals surface area (Å²) in [5.74, 6) is 1.44. The number of nitrogens with one attached hydrogen (secondary N) is 1. The Morgan fingerprint density at radius 3 is 2.52 bits per heavy atom. The molecular formula is C27H29NO5. The van der Waals surface area contributed by atoms with E-state index in [9.17, 15) is 9.90 Å². The predicted octanol–water partition coefficient (Wildman–Crippen LogP) is 4.48. The number of carbonyl (C=O) groups is 1. The molecule has 1 atom stereocenters. The number of carbonyl (C=O) groups excluding carboxylic acids is 1. The summed E-state index contributed by atoms with van der Waals surface area (Å²) >= 11 is 0. The maximum absolute atomic E-state index is 12.4. The van der Waals surface area contributed by atoms with E-state index in [2.05, 4.69) is 5.32 Å². The highest BCUT2D eigenvalue weighted by Gasteiger charge is 2.12. The smallest absolute Gasteiger partial charge is 0.251 e. The van der Waals surface area contributed by atoms with Gasteiger partial charge in [-0.25, -0.2) is 0 Å². The first kappa shape index (κ1) is 23.9. The van der Waals surface area contributed by atoms with Crippen LogP contribution in [0.25, 0.3) is 6.08 Å². The molecule has 0 heterocycles. The lowest BCUT2D eigenvalue weighted by atomic mass is 10.2. The zero-order chi connectivity index (χ0) is 23.5. The third kappa shape index (κ3) is 7.40. The van der Waals surface area contributed by atoms with E-state index in [1.54, 1.807) is 37.4 Å². The second-order valence-corrected chi connectivity index (χ2v) is 7.38. The first-order valence-corrected chi connectivity index (χ1v) is 10.8. The fourth-order valence-electron chi connectivity index (χ4n) is 3.13. The molecule has 6 nitrogen and oxygen atoms in total. The van der Waals surface area contributed by atoms with Crippen LogP contribution in [0.1, 0.15) is 28.4 Å². The van der Waals surface area contributed by atoms with Crippen LogP contribution >= 0.6 is 0 Å². The Kier molecular flexibility index (Phi) is 8.91. The molecule has 0 bridgehead atoms. The fourth-order valence-corrected chi connectivity index (χ4v) is 3.13. The van der Waals surface area contributed by atoms with Crippen LogP contribution in [0, 0.1) is 0 Å². The maximum Gasteiger partial charge on any atom is 0.251 e. The molecule has 1 amide bonds. The summed E-state index contributed by atoms with van der Waals surface area (Å²) in [6, 6.07) is 22.1. The zero-order valence-electron chi connectivity index (χ0n) is 18.9. The van der Waals surface area contributed by atoms with E-state index in [1.807, 2.05) is 61.5 Å². The standard InChI is InChI=1S/C27H29NO5/c1-3-8-20-13-14-25(26(15-20)31-2)33-19-23(29)18-32-24-12-7-11-22(16-24)27(30)28-17-21-9-5-4-6-10-21/h3-16,23,29H,17-19H2,1-2H3,(H,28,30)/b8-3+. The Hall–Kier alpha value is -3.77. The minimum Gasteiger partial charge on any atom is -0.493 e. The van der Waals surface area contributed by atoms with Gasteiger partial charge in [0.2, 0.25) is 0 Å². The molecule has 3 aromatic rings. The van der Waals surface area contributed by atoms with E-state index >= 15 is 0 Å². The van der Waals surface area contributed by atoms with Crippen molar-refractivity contribution in [2.75, 3.05) is 20.3 Å². The number of rotatable bonds is 11. The topological polar surface area (TPSA) is 77.0 Å². The molecule has 33 heavy (non-hydrogen) atoms. The molecule has 0 radical (unpaired) electrons. The van der Waals surface area contributed by atoms with Gasteiger partial charge in [-0.2, -0.15) is 0 Å². The first-order valence-electron chi connectivity index (χ1n) is 10.8. The SMILES string of the molecule is C/C=C/c1ccc(OCC(O)COc2cccc(C(=O)NCc3ccccc3)c2)c(OC)c1. The van der Waals surface area contributed by atoms with E-state index in [0.717, 1.165) is 11.1 Å². The molecule has 0 aromatic heterocycles. The average Bonchev–Trinajstić information content (AvgIpc) is 2.86. The van der Waals surface area contributed by atoms with Gasteiger partial charge in [0.05, 0.1) is 7.11 Å². The van der Waals surface area contributed by atoms with Crippen molar-refractivity contribution in [2.45, 2.75) is 19.6 Å². The number of aliphatic hydroxyl groups is 1. The van der Waals surface area contributed by atoms with Gasteiger partial charge < -0.3 is 24.6 Å². The number of hydrogen-bond donors (Lipinski definition) is 2. The molecule has 3 aromatic carbocycles. The van der Waals surface area contributed by atoms with Crippen molar-refractivity contribution in [3.63, 3.8) is 0 Å². The number of methoxy groups -OCH3 is 1. The van der Waals surface area contributed by atoms with E-state index in [4.69, 9.17) is 14.2 Å². The van der Waals surface area contributed by atoms with Crippen LogP contribution in [0.5, 0.6) is 17.2 Å². The number of hydrogen-bond acceptors (Lipinski definition) is 5. The third-order valence-electron chi connectivity index (χ3n) is 4.81. The summed E-state index contributed by atoms with van der Waals surface area (Å²) in [7, 11) is 1.57. The van der Waals surface area contributed by atoms with Gasteiger partial charge in [-0.3, -0.25) is 4.79 Å². The Bertz CT molecular complexity index is 1070. The van der Waals surface area contributed by atoms with Crippen LogP contribution < -0.4 is 19.5 Å². The largest absolute Gasteiger partial charge is 0.493 e.